The molecule has 1 aromatic heterocycles. The van der Waals surface area contributed by atoms with E-state index in [1.165, 1.54) is 12.3 Å². The van der Waals surface area contributed by atoms with Crippen LogP contribution in [-0.4, -0.2) is 16.1 Å². The Bertz CT molecular complexity index is 617. The van der Waals surface area contributed by atoms with Crippen LogP contribution in [0.5, 0.6) is 5.88 Å². The van der Waals surface area contributed by atoms with E-state index in [1.54, 1.807) is 0 Å². The van der Waals surface area contributed by atoms with Crippen LogP contribution in [0.25, 0.3) is 0 Å². The molecule has 0 aliphatic rings. The zero-order valence-electron chi connectivity index (χ0n) is 9.84. The lowest BCUT2D eigenvalue weighted by molar-refractivity contribution is 0.0697. The number of benzene rings is 1. The lowest BCUT2D eigenvalue weighted by atomic mass is 10.2. The van der Waals surface area contributed by atoms with Gasteiger partial charge < -0.3 is 15.6 Å². The molecule has 1 heterocycles. The molecule has 0 atom stereocenters. The molecule has 6 heteroatoms. The molecule has 0 unspecified atom stereocenters. The van der Waals surface area contributed by atoms with Crippen molar-refractivity contribution in [2.45, 2.75) is 6.61 Å². The molecule has 0 aliphatic heterocycles. The molecular weight excluding hydrogens is 312 g/mol. The fourth-order valence-electron chi connectivity index (χ4n) is 1.48. The van der Waals surface area contributed by atoms with Gasteiger partial charge in [-0.3, -0.25) is 0 Å². The standard InChI is InChI=1S/C13H11BrN2O3/c14-10-4-2-1-3-8(10)7-19-12-5-9(13(17)18)11(15)6-16-12/h1-6H,7,15H2,(H,17,18). The van der Waals surface area contributed by atoms with E-state index in [4.69, 9.17) is 15.6 Å². The molecule has 0 fully saturated rings. The van der Waals surface area contributed by atoms with Gasteiger partial charge in [0.15, 0.2) is 0 Å². The highest BCUT2D eigenvalue weighted by Gasteiger charge is 2.10. The van der Waals surface area contributed by atoms with Crippen molar-refractivity contribution >= 4 is 27.6 Å². The predicted molar refractivity (Wildman–Crippen MR) is 74.1 cm³/mol. The number of carbonyl (C=O) groups is 1. The van der Waals surface area contributed by atoms with Crippen LogP contribution < -0.4 is 10.5 Å². The highest BCUT2D eigenvalue weighted by molar-refractivity contribution is 9.10. The van der Waals surface area contributed by atoms with E-state index in [0.29, 0.717) is 0 Å². The van der Waals surface area contributed by atoms with Crippen molar-refractivity contribution in [2.24, 2.45) is 0 Å². The van der Waals surface area contributed by atoms with Crippen molar-refractivity contribution in [3.05, 3.63) is 52.1 Å². The molecule has 2 rings (SSSR count). The topological polar surface area (TPSA) is 85.4 Å². The maximum Gasteiger partial charge on any atom is 0.338 e. The van der Waals surface area contributed by atoms with Gasteiger partial charge in [-0.05, 0) is 6.07 Å². The molecule has 0 saturated heterocycles. The summed E-state index contributed by atoms with van der Waals surface area (Å²) in [7, 11) is 0. The van der Waals surface area contributed by atoms with E-state index in [-0.39, 0.29) is 23.7 Å². The number of nitrogens with zero attached hydrogens (tertiary/aromatic N) is 1. The van der Waals surface area contributed by atoms with Gasteiger partial charge in [-0.2, -0.15) is 0 Å². The van der Waals surface area contributed by atoms with Gasteiger partial charge in [-0.15, -0.1) is 0 Å². The van der Waals surface area contributed by atoms with Crippen molar-refractivity contribution in [2.75, 3.05) is 5.73 Å². The lowest BCUT2D eigenvalue weighted by Crippen LogP contribution is -2.05. The highest BCUT2D eigenvalue weighted by Crippen LogP contribution is 2.20. The predicted octanol–water partition coefficient (Wildman–Crippen LogP) is 2.70. The lowest BCUT2D eigenvalue weighted by Gasteiger charge is -2.08. The van der Waals surface area contributed by atoms with Crippen LogP contribution >= 0.6 is 15.9 Å². The van der Waals surface area contributed by atoms with Crippen LogP contribution in [0.4, 0.5) is 5.69 Å². The van der Waals surface area contributed by atoms with E-state index >= 15 is 0 Å². The van der Waals surface area contributed by atoms with Gasteiger partial charge in [-0.1, -0.05) is 34.1 Å². The van der Waals surface area contributed by atoms with Crippen molar-refractivity contribution in [3.8, 4) is 5.88 Å². The zero-order chi connectivity index (χ0) is 13.8. The Morgan fingerprint density at radius 1 is 1.42 bits per heavy atom. The fourth-order valence-corrected chi connectivity index (χ4v) is 1.88. The van der Waals surface area contributed by atoms with E-state index in [1.807, 2.05) is 24.3 Å². The summed E-state index contributed by atoms with van der Waals surface area (Å²) in [6.07, 6.45) is 1.28. The number of aromatic nitrogens is 1. The number of halogens is 1. The van der Waals surface area contributed by atoms with Crippen molar-refractivity contribution in [1.29, 1.82) is 0 Å². The first kappa shape index (κ1) is 13.4. The summed E-state index contributed by atoms with van der Waals surface area (Å²) in [6.45, 7) is 0.289. The summed E-state index contributed by atoms with van der Waals surface area (Å²) in [5.41, 5.74) is 6.55. The third kappa shape index (κ3) is 3.23. The Morgan fingerprint density at radius 3 is 2.84 bits per heavy atom. The SMILES string of the molecule is Nc1cnc(OCc2ccccc2Br)cc1C(=O)O. The molecular formula is C13H11BrN2O3. The summed E-state index contributed by atoms with van der Waals surface area (Å²) >= 11 is 3.40. The second kappa shape index (κ2) is 5.71. The number of nitrogens with two attached hydrogens (primary N) is 1. The minimum absolute atomic E-state index is 0.0165. The number of carboxylic acid groups (broad SMARTS) is 1. The van der Waals surface area contributed by atoms with Crippen molar-refractivity contribution in [3.63, 3.8) is 0 Å². The molecule has 5 nitrogen and oxygen atoms in total. The van der Waals surface area contributed by atoms with Crippen molar-refractivity contribution < 1.29 is 14.6 Å². The maximum atomic E-state index is 10.9. The first-order valence-corrected chi connectivity index (χ1v) is 6.22. The molecule has 2 aromatic rings. The molecule has 0 amide bonds. The van der Waals surface area contributed by atoms with Gasteiger partial charge in [0, 0.05) is 16.1 Å². The summed E-state index contributed by atoms with van der Waals surface area (Å²) in [4.78, 5) is 14.9. The average Bonchev–Trinajstić information content (AvgIpc) is 2.39. The van der Waals surface area contributed by atoms with E-state index in [0.717, 1.165) is 10.0 Å². The maximum absolute atomic E-state index is 10.9. The molecule has 19 heavy (non-hydrogen) atoms. The Labute approximate surface area is 118 Å². The molecule has 1 aromatic carbocycles. The third-order valence-corrected chi connectivity index (χ3v) is 3.25. The van der Waals surface area contributed by atoms with E-state index < -0.39 is 5.97 Å². The first-order chi connectivity index (χ1) is 9.08. The summed E-state index contributed by atoms with van der Waals surface area (Å²) < 4.78 is 6.38. The molecule has 0 spiro atoms. The highest BCUT2D eigenvalue weighted by atomic mass is 79.9. The molecule has 0 radical (unpaired) electrons. The number of hydrogen-bond acceptors (Lipinski definition) is 4. The van der Waals surface area contributed by atoms with Gasteiger partial charge in [0.05, 0.1) is 17.4 Å². The Hall–Kier alpha value is -2.08. The molecule has 0 aliphatic carbocycles. The third-order valence-electron chi connectivity index (χ3n) is 2.47. The summed E-state index contributed by atoms with van der Waals surface area (Å²) in [5, 5.41) is 8.95. The average molecular weight is 323 g/mol. The fraction of sp³-hybridized carbons (Fsp3) is 0.0769. The van der Waals surface area contributed by atoms with Crippen molar-refractivity contribution in [1.82, 2.24) is 4.98 Å². The Morgan fingerprint density at radius 2 is 2.16 bits per heavy atom. The van der Waals surface area contributed by atoms with Gasteiger partial charge in [0.2, 0.25) is 5.88 Å². The normalized spacial score (nSPS) is 10.2. The number of carboxylic acids is 1. The summed E-state index contributed by atoms with van der Waals surface area (Å²) in [6, 6.07) is 8.91. The summed E-state index contributed by atoms with van der Waals surface area (Å²) in [5.74, 6) is -0.881. The van der Waals surface area contributed by atoms with Crippen LogP contribution in [0.15, 0.2) is 41.0 Å². The zero-order valence-corrected chi connectivity index (χ0v) is 11.4. The number of pyridine rings is 1. The number of nitrogen functional groups attached to an aromatic ring is 1. The van der Waals surface area contributed by atoms with E-state index in [2.05, 4.69) is 20.9 Å². The van der Waals surface area contributed by atoms with Crippen LogP contribution in [0, 0.1) is 0 Å². The smallest absolute Gasteiger partial charge is 0.338 e. The Kier molecular flexibility index (Phi) is 4.01. The van der Waals surface area contributed by atoms with Gasteiger partial charge in [0.25, 0.3) is 0 Å². The Balaban J connectivity index is 2.14. The van der Waals surface area contributed by atoms with Crippen LogP contribution in [-0.2, 0) is 6.61 Å². The van der Waals surface area contributed by atoms with E-state index in [9.17, 15) is 4.79 Å². The van der Waals surface area contributed by atoms with Crippen LogP contribution in [0.2, 0.25) is 0 Å². The second-order valence-electron chi connectivity index (χ2n) is 3.80. The van der Waals surface area contributed by atoms with Crippen LogP contribution in [0.1, 0.15) is 15.9 Å². The van der Waals surface area contributed by atoms with Gasteiger partial charge >= 0.3 is 5.97 Å². The van der Waals surface area contributed by atoms with Gasteiger partial charge in [0.1, 0.15) is 6.61 Å². The minimum Gasteiger partial charge on any atom is -0.478 e. The minimum atomic E-state index is -1.11. The number of aromatic carboxylic acids is 1. The number of hydrogen-bond donors (Lipinski definition) is 2. The number of ether oxygens (including phenoxy) is 1. The monoisotopic (exact) mass is 322 g/mol. The number of rotatable bonds is 4. The molecule has 0 saturated carbocycles. The number of anilines is 1. The van der Waals surface area contributed by atoms with Gasteiger partial charge in [-0.25, -0.2) is 9.78 Å². The van der Waals surface area contributed by atoms with Crippen LogP contribution in [0.3, 0.4) is 0 Å². The second-order valence-corrected chi connectivity index (χ2v) is 4.65. The first-order valence-electron chi connectivity index (χ1n) is 5.43. The largest absolute Gasteiger partial charge is 0.478 e. The molecule has 98 valence electrons. The molecule has 3 N–H and O–H groups in total. The molecule has 0 bridgehead atoms. The quantitative estimate of drug-likeness (QED) is 0.903.